The van der Waals surface area contributed by atoms with Crippen molar-refractivity contribution < 1.29 is 22.5 Å². The van der Waals surface area contributed by atoms with Gasteiger partial charge in [-0.1, -0.05) is 42.5 Å². The largest absolute Gasteiger partial charge is 0.495 e. The van der Waals surface area contributed by atoms with E-state index in [4.69, 9.17) is 9.29 Å². The van der Waals surface area contributed by atoms with Gasteiger partial charge in [-0.15, -0.1) is 0 Å². The number of hydrogen-bond donors (Lipinski definition) is 2. The summed E-state index contributed by atoms with van der Waals surface area (Å²) in [6.07, 6.45) is 0.798. The molecule has 0 radical (unpaired) electrons. The van der Waals surface area contributed by atoms with Crippen molar-refractivity contribution in [3.63, 3.8) is 0 Å². The second-order valence-corrected chi connectivity index (χ2v) is 7.67. The Bertz CT molecular complexity index is 907. The van der Waals surface area contributed by atoms with Crippen LogP contribution < -0.4 is 14.4 Å². The molecule has 3 rings (SSSR count). The van der Waals surface area contributed by atoms with Crippen molar-refractivity contribution in [2.24, 2.45) is 0 Å². The Morgan fingerprint density at radius 2 is 1.67 bits per heavy atom. The molecule has 1 fully saturated rings. The summed E-state index contributed by atoms with van der Waals surface area (Å²) in [6.45, 7) is 1.07. The third-order valence-corrected chi connectivity index (χ3v) is 5.47. The molecule has 2 aromatic rings. The van der Waals surface area contributed by atoms with Gasteiger partial charge in [0.15, 0.2) is 0 Å². The van der Waals surface area contributed by atoms with E-state index in [2.05, 4.69) is 4.90 Å². The number of nitrogens with zero attached hydrogens (tertiary/aromatic N) is 1. The first-order valence-corrected chi connectivity index (χ1v) is 10.0. The fourth-order valence-electron chi connectivity index (χ4n) is 3.64. The van der Waals surface area contributed by atoms with Gasteiger partial charge in [-0.25, -0.2) is 4.72 Å². The monoisotopic (exact) mass is 390 g/mol. The molecule has 7 nitrogen and oxygen atoms in total. The zero-order valence-corrected chi connectivity index (χ0v) is 15.8. The topological polar surface area (TPSA) is 95.9 Å². The first-order chi connectivity index (χ1) is 12.9. The summed E-state index contributed by atoms with van der Waals surface area (Å²) in [4.78, 5) is 14.9. The number of methoxy groups -OCH3 is 1. The molecule has 1 amide bonds. The van der Waals surface area contributed by atoms with Crippen molar-refractivity contribution in [2.75, 3.05) is 25.1 Å². The first-order valence-electron chi connectivity index (χ1n) is 8.59. The standard InChI is InChI=1S/C19H22N2O5S/c1-26-17-10-6-5-9-16(17)21-13-11-19(12-14-21,15-7-3-2-4-8-15)18(22)20-27(23,24)25/h2-10H,11-14H2,1H3,(H,20,22)(H,23,24,25). The van der Waals surface area contributed by atoms with E-state index >= 15 is 0 Å². The zero-order chi connectivity index (χ0) is 19.5. The summed E-state index contributed by atoms with van der Waals surface area (Å²) in [5.41, 5.74) is 0.623. The van der Waals surface area contributed by atoms with Crippen LogP contribution in [0.25, 0.3) is 0 Å². The average molecular weight is 390 g/mol. The molecular formula is C19H22N2O5S. The predicted octanol–water partition coefficient (Wildman–Crippen LogP) is 2.15. The molecule has 0 atom stereocenters. The van der Waals surface area contributed by atoms with E-state index < -0.39 is 21.6 Å². The van der Waals surface area contributed by atoms with E-state index in [0.29, 0.717) is 25.9 Å². The number of ether oxygens (including phenoxy) is 1. The van der Waals surface area contributed by atoms with Crippen molar-refractivity contribution in [3.05, 3.63) is 60.2 Å². The summed E-state index contributed by atoms with van der Waals surface area (Å²) in [5.74, 6) is 0.0305. The van der Waals surface area contributed by atoms with Gasteiger partial charge in [0.2, 0.25) is 5.91 Å². The van der Waals surface area contributed by atoms with Crippen LogP contribution in [0.1, 0.15) is 18.4 Å². The van der Waals surface area contributed by atoms with Crippen LogP contribution in [0, 0.1) is 0 Å². The van der Waals surface area contributed by atoms with Gasteiger partial charge >= 0.3 is 10.3 Å². The molecule has 0 unspecified atom stereocenters. The Hall–Kier alpha value is -2.58. The highest BCUT2D eigenvalue weighted by Crippen LogP contribution is 2.39. The smallest absolute Gasteiger partial charge is 0.359 e. The fourth-order valence-corrected chi connectivity index (χ4v) is 4.07. The first kappa shape index (κ1) is 19.2. The molecule has 1 heterocycles. The lowest BCUT2D eigenvalue weighted by Crippen LogP contribution is -2.53. The summed E-state index contributed by atoms with van der Waals surface area (Å²) in [7, 11) is -3.02. The summed E-state index contributed by atoms with van der Waals surface area (Å²) < 4.78 is 38.7. The number of piperidine rings is 1. The molecule has 144 valence electrons. The number of anilines is 1. The highest BCUT2D eigenvalue weighted by molar-refractivity contribution is 7.84. The zero-order valence-electron chi connectivity index (χ0n) is 15.0. The van der Waals surface area contributed by atoms with E-state index in [0.717, 1.165) is 17.0 Å². The van der Waals surface area contributed by atoms with Crippen LogP contribution >= 0.6 is 0 Å². The van der Waals surface area contributed by atoms with Crippen molar-refractivity contribution in [1.82, 2.24) is 4.72 Å². The number of carbonyl (C=O) groups excluding carboxylic acids is 1. The number of rotatable bonds is 5. The molecule has 0 saturated carbocycles. The van der Waals surface area contributed by atoms with Crippen LogP contribution in [0.3, 0.4) is 0 Å². The number of amides is 1. The van der Waals surface area contributed by atoms with Crippen LogP contribution in [0.5, 0.6) is 5.75 Å². The number of carbonyl (C=O) groups is 1. The van der Waals surface area contributed by atoms with Gasteiger partial charge in [-0.3, -0.25) is 9.35 Å². The molecule has 1 aliphatic rings. The maximum absolute atomic E-state index is 12.8. The quantitative estimate of drug-likeness (QED) is 0.760. The molecule has 2 aromatic carbocycles. The lowest BCUT2D eigenvalue weighted by molar-refractivity contribution is -0.125. The van der Waals surface area contributed by atoms with Crippen LogP contribution in [0.4, 0.5) is 5.69 Å². The second kappa shape index (κ2) is 7.58. The van der Waals surface area contributed by atoms with Gasteiger partial charge in [0.1, 0.15) is 5.75 Å². The van der Waals surface area contributed by atoms with Gasteiger partial charge in [0.05, 0.1) is 18.2 Å². The average Bonchev–Trinajstić information content (AvgIpc) is 2.67. The molecule has 0 spiro atoms. The van der Waals surface area contributed by atoms with Crippen LogP contribution in [0.15, 0.2) is 54.6 Å². The van der Waals surface area contributed by atoms with Crippen LogP contribution in [-0.4, -0.2) is 39.1 Å². The Labute approximate surface area is 158 Å². The molecule has 27 heavy (non-hydrogen) atoms. The van der Waals surface area contributed by atoms with Crippen molar-refractivity contribution in [1.29, 1.82) is 0 Å². The minimum atomic E-state index is -4.63. The maximum atomic E-state index is 12.8. The van der Waals surface area contributed by atoms with Gasteiger partial charge < -0.3 is 9.64 Å². The number of hydrogen-bond acceptors (Lipinski definition) is 5. The number of nitrogens with one attached hydrogen (secondary N) is 1. The van der Waals surface area contributed by atoms with Gasteiger partial charge in [0, 0.05) is 13.1 Å². The maximum Gasteiger partial charge on any atom is 0.359 e. The molecule has 0 aliphatic carbocycles. The lowest BCUT2D eigenvalue weighted by atomic mass is 9.72. The van der Waals surface area contributed by atoms with Crippen molar-refractivity contribution in [3.8, 4) is 5.75 Å². The Balaban J connectivity index is 1.90. The van der Waals surface area contributed by atoms with E-state index in [1.165, 1.54) is 0 Å². The van der Waals surface area contributed by atoms with E-state index in [1.54, 1.807) is 11.8 Å². The second-order valence-electron chi connectivity index (χ2n) is 6.51. The van der Waals surface area contributed by atoms with Gasteiger partial charge in [0.25, 0.3) is 0 Å². The third-order valence-electron chi connectivity index (χ3n) is 5.03. The molecule has 2 N–H and O–H groups in total. The molecule has 1 saturated heterocycles. The van der Waals surface area contributed by atoms with Crippen molar-refractivity contribution >= 4 is 21.9 Å². The Morgan fingerprint density at radius 1 is 1.07 bits per heavy atom. The van der Waals surface area contributed by atoms with E-state index in [9.17, 15) is 13.2 Å². The fraction of sp³-hybridized carbons (Fsp3) is 0.316. The van der Waals surface area contributed by atoms with Gasteiger partial charge in [-0.05, 0) is 30.5 Å². The molecule has 0 bridgehead atoms. The molecule has 8 heteroatoms. The summed E-state index contributed by atoms with van der Waals surface area (Å²) in [6, 6.07) is 16.7. The highest BCUT2D eigenvalue weighted by Gasteiger charge is 2.44. The molecular weight excluding hydrogens is 368 g/mol. The summed E-state index contributed by atoms with van der Waals surface area (Å²) in [5, 5.41) is 0. The van der Waals surface area contributed by atoms with Crippen molar-refractivity contribution in [2.45, 2.75) is 18.3 Å². The Morgan fingerprint density at radius 3 is 2.26 bits per heavy atom. The van der Waals surface area contributed by atoms with Crippen LogP contribution in [0.2, 0.25) is 0 Å². The minimum absolute atomic E-state index is 0.399. The van der Waals surface area contributed by atoms with Crippen LogP contribution in [-0.2, 0) is 20.5 Å². The SMILES string of the molecule is COc1ccccc1N1CCC(C(=O)NS(=O)(=O)O)(c2ccccc2)CC1. The minimum Gasteiger partial charge on any atom is -0.495 e. The number of benzene rings is 2. The summed E-state index contributed by atoms with van der Waals surface area (Å²) >= 11 is 0. The normalized spacial score (nSPS) is 16.6. The van der Waals surface area contributed by atoms with Gasteiger partial charge in [-0.2, -0.15) is 8.42 Å². The number of para-hydroxylation sites is 2. The highest BCUT2D eigenvalue weighted by atomic mass is 32.2. The third kappa shape index (κ3) is 4.06. The lowest BCUT2D eigenvalue weighted by Gasteiger charge is -2.41. The van der Waals surface area contributed by atoms with E-state index in [1.807, 2.05) is 54.6 Å². The molecule has 1 aliphatic heterocycles. The predicted molar refractivity (Wildman–Crippen MR) is 102 cm³/mol. The molecule has 0 aromatic heterocycles. The Kier molecular flexibility index (Phi) is 5.38. The van der Waals surface area contributed by atoms with E-state index in [-0.39, 0.29) is 0 Å².